The molecule has 0 unspecified atom stereocenters. The first-order valence-electron chi connectivity index (χ1n) is 16.6. The molecule has 2 fully saturated rings. The van der Waals surface area contributed by atoms with Gasteiger partial charge in [-0.1, -0.05) is 17.8 Å². The highest BCUT2D eigenvalue weighted by atomic mass is 32.1. The Bertz CT molecular complexity index is 1780. The molecule has 2 saturated carbocycles. The van der Waals surface area contributed by atoms with Crippen molar-refractivity contribution >= 4 is 40.1 Å². The van der Waals surface area contributed by atoms with Gasteiger partial charge in [0.05, 0.1) is 27.1 Å². The number of guanidine groups is 1. The van der Waals surface area contributed by atoms with Gasteiger partial charge in [0.2, 0.25) is 0 Å². The number of nitrogens with one attached hydrogen (secondary N) is 2. The van der Waals surface area contributed by atoms with Crippen LogP contribution in [0.5, 0.6) is 5.75 Å². The van der Waals surface area contributed by atoms with E-state index < -0.39 is 6.10 Å². The van der Waals surface area contributed by atoms with Crippen LogP contribution in [0.1, 0.15) is 84.5 Å². The van der Waals surface area contributed by atoms with Crippen molar-refractivity contribution in [3.8, 4) is 39.2 Å². The monoisotopic (exact) mass is 668 g/mol. The number of aliphatic hydroxyl groups excluding tert-OH is 1. The van der Waals surface area contributed by atoms with Crippen LogP contribution in [0.3, 0.4) is 0 Å². The largest absolute Gasteiger partial charge is 0.508 e. The Hall–Kier alpha value is -3.76. The molecule has 6 rings (SSSR count). The molecule has 7 nitrogen and oxygen atoms in total. The number of thiophene rings is 2. The predicted octanol–water partition coefficient (Wildman–Crippen LogP) is 6.63. The van der Waals surface area contributed by atoms with Gasteiger partial charge in [0.1, 0.15) is 5.75 Å². The molecule has 3 aliphatic rings. The van der Waals surface area contributed by atoms with Gasteiger partial charge in [-0.3, -0.25) is 9.79 Å². The van der Waals surface area contributed by atoms with Crippen molar-refractivity contribution in [2.75, 3.05) is 18.9 Å². The van der Waals surface area contributed by atoms with Gasteiger partial charge < -0.3 is 26.6 Å². The van der Waals surface area contributed by atoms with Crippen molar-refractivity contribution in [1.29, 1.82) is 0 Å². The lowest BCUT2D eigenvalue weighted by Crippen LogP contribution is -2.50. The maximum Gasteiger partial charge on any atom is 0.188 e. The SMILES string of the molecule is CC#Cc1ccc(-c2ccc(C(=O)[C@H]3CC[C@H]4C[C@@]35CC[C@H](CC#Cc3c(cc(O)cc3NC[C@H](C)O)C[C@@H]4NC(N)=NC)C5)s2)s1. The molecule has 0 amide bonds. The van der Waals surface area contributed by atoms with E-state index in [9.17, 15) is 15.0 Å². The van der Waals surface area contributed by atoms with E-state index in [1.807, 2.05) is 13.0 Å². The zero-order valence-corrected chi connectivity index (χ0v) is 29.0. The summed E-state index contributed by atoms with van der Waals surface area (Å²) >= 11 is 3.28. The number of aliphatic hydroxyl groups is 1. The van der Waals surface area contributed by atoms with E-state index in [1.54, 1.807) is 48.8 Å². The van der Waals surface area contributed by atoms with E-state index in [-0.39, 0.29) is 34.8 Å². The number of Topliss-reactive ketones (excluding diaryl/α,β-unsaturated/α-hetero) is 1. The molecule has 3 aliphatic carbocycles. The number of rotatable bonds is 7. The Morgan fingerprint density at radius 3 is 2.77 bits per heavy atom. The van der Waals surface area contributed by atoms with E-state index in [4.69, 9.17) is 5.73 Å². The predicted molar refractivity (Wildman–Crippen MR) is 193 cm³/mol. The first kappa shape index (κ1) is 33.2. The molecule has 3 aromatic rings. The number of hydrogen-bond donors (Lipinski definition) is 5. The number of nitrogens with zero attached hydrogens (tertiary/aromatic N) is 1. The van der Waals surface area contributed by atoms with Crippen molar-refractivity contribution in [1.82, 2.24) is 5.32 Å². The molecule has 2 aromatic heterocycles. The van der Waals surface area contributed by atoms with Crippen LogP contribution in [0.25, 0.3) is 9.75 Å². The van der Waals surface area contributed by atoms with Crippen LogP contribution in [-0.4, -0.2) is 47.7 Å². The fourth-order valence-corrected chi connectivity index (χ4v) is 10.1. The highest BCUT2D eigenvalue weighted by Gasteiger charge is 2.52. The summed E-state index contributed by atoms with van der Waals surface area (Å²) in [6, 6.07) is 11.7. The molecular formula is C38H44N4O3S2. The van der Waals surface area contributed by atoms with Crippen molar-refractivity contribution in [3.05, 3.63) is 57.3 Å². The fraction of sp³-hybridized carbons (Fsp3) is 0.474. The number of anilines is 1. The fourth-order valence-electron chi connectivity index (χ4n) is 8.09. The molecule has 47 heavy (non-hydrogen) atoms. The van der Waals surface area contributed by atoms with Gasteiger partial charge in [-0.25, -0.2) is 0 Å². The molecule has 0 radical (unpaired) electrons. The average Bonchev–Trinajstić information content (AvgIpc) is 3.81. The Labute approximate surface area is 286 Å². The molecule has 6 atom stereocenters. The maximum atomic E-state index is 14.4. The van der Waals surface area contributed by atoms with E-state index in [0.717, 1.165) is 81.3 Å². The number of phenolic OH excluding ortho intramolecular Hbond substituents is 1. The van der Waals surface area contributed by atoms with Crippen LogP contribution in [-0.2, 0) is 6.42 Å². The van der Waals surface area contributed by atoms with Crippen LogP contribution in [0.2, 0.25) is 0 Å². The number of nitrogens with two attached hydrogens (primary N) is 1. The Morgan fingerprint density at radius 2 is 1.98 bits per heavy atom. The Morgan fingerprint density at radius 1 is 1.17 bits per heavy atom. The van der Waals surface area contributed by atoms with E-state index in [2.05, 4.69) is 57.5 Å². The summed E-state index contributed by atoms with van der Waals surface area (Å²) in [4.78, 5) is 22.8. The lowest BCUT2D eigenvalue weighted by atomic mass is 9.58. The van der Waals surface area contributed by atoms with Gasteiger partial charge in [0.25, 0.3) is 0 Å². The van der Waals surface area contributed by atoms with Gasteiger partial charge in [-0.2, -0.15) is 0 Å². The molecule has 246 valence electrons. The van der Waals surface area contributed by atoms with Crippen LogP contribution in [0.4, 0.5) is 5.69 Å². The summed E-state index contributed by atoms with van der Waals surface area (Å²) in [5, 5.41) is 27.5. The lowest BCUT2D eigenvalue weighted by molar-refractivity contribution is 0.0390. The lowest BCUT2D eigenvalue weighted by Gasteiger charge is -2.47. The van der Waals surface area contributed by atoms with Gasteiger partial charge >= 0.3 is 0 Å². The first-order chi connectivity index (χ1) is 22.7. The van der Waals surface area contributed by atoms with Crippen LogP contribution in [0, 0.1) is 46.9 Å². The minimum absolute atomic E-state index is 0.0264. The second-order valence-corrected chi connectivity index (χ2v) is 15.6. The Kier molecular flexibility index (Phi) is 9.98. The summed E-state index contributed by atoms with van der Waals surface area (Å²) < 4.78 is 0. The van der Waals surface area contributed by atoms with Gasteiger partial charge in [-0.05, 0) is 112 Å². The van der Waals surface area contributed by atoms with E-state index >= 15 is 0 Å². The third-order valence-electron chi connectivity index (χ3n) is 10.2. The number of hydrogen-bond acceptors (Lipinski definition) is 7. The van der Waals surface area contributed by atoms with Crippen LogP contribution in [0.15, 0.2) is 41.4 Å². The van der Waals surface area contributed by atoms with Crippen LogP contribution < -0.4 is 16.4 Å². The third kappa shape index (κ3) is 7.23. The number of phenols is 1. The highest BCUT2D eigenvalue weighted by molar-refractivity contribution is 7.23. The number of fused-ring (bicyclic) bond motifs is 3. The number of ketones is 1. The van der Waals surface area contributed by atoms with Crippen molar-refractivity contribution in [2.24, 2.45) is 33.9 Å². The number of aromatic hydroxyl groups is 1. The number of carbonyl (C=O) groups is 1. The van der Waals surface area contributed by atoms with Crippen molar-refractivity contribution in [2.45, 2.75) is 77.4 Å². The molecule has 1 aromatic carbocycles. The van der Waals surface area contributed by atoms with Gasteiger partial charge in [0.15, 0.2) is 11.7 Å². The summed E-state index contributed by atoms with van der Waals surface area (Å²) in [5.74, 6) is 14.5. The number of aliphatic imine (C=N–C) groups is 1. The smallest absolute Gasteiger partial charge is 0.188 e. The van der Waals surface area contributed by atoms with Gasteiger partial charge in [-0.15, -0.1) is 28.6 Å². The minimum Gasteiger partial charge on any atom is -0.508 e. The van der Waals surface area contributed by atoms with Crippen molar-refractivity contribution in [3.63, 3.8) is 0 Å². The highest BCUT2D eigenvalue weighted by Crippen LogP contribution is 2.58. The maximum absolute atomic E-state index is 14.4. The molecule has 0 saturated heterocycles. The van der Waals surface area contributed by atoms with Crippen LogP contribution >= 0.6 is 22.7 Å². The Balaban J connectivity index is 1.33. The molecule has 1 spiro atoms. The third-order valence-corrected chi connectivity index (χ3v) is 12.5. The summed E-state index contributed by atoms with van der Waals surface area (Å²) in [6.07, 6.45) is 6.56. The van der Waals surface area contributed by atoms with E-state index in [1.165, 1.54) is 0 Å². The second kappa shape index (κ2) is 14.2. The molecule has 9 heteroatoms. The normalized spacial score (nSPS) is 25.9. The molecular weight excluding hydrogens is 625 g/mol. The average molecular weight is 669 g/mol. The first-order valence-corrected chi connectivity index (χ1v) is 18.2. The molecule has 6 N–H and O–H groups in total. The zero-order valence-electron chi connectivity index (χ0n) is 27.4. The van der Waals surface area contributed by atoms with Gasteiger partial charge in [0, 0.05) is 47.8 Å². The standard InChI is InChI=1S/C38H44N4O3S2/c1-4-6-28-10-12-33(46-28)34-13-14-35(47-34)36(45)30-11-9-25-21-38(30)16-15-24(20-38)7-5-8-29-26(18-31(25)42-37(39)40-3)17-27(44)19-32(29)41-22-23(2)43/h10,12-14,17,19,23-25,30-31,41,43-44H,7,9,11,15-16,18,20-22H2,1-3H3,(H3,39,40,42)/t23-,24-,25-,30+,31-,38-/m0/s1. The van der Waals surface area contributed by atoms with E-state index in [0.29, 0.717) is 24.8 Å². The summed E-state index contributed by atoms with van der Waals surface area (Å²) in [6.45, 7) is 3.93. The van der Waals surface area contributed by atoms with Crippen molar-refractivity contribution < 1.29 is 15.0 Å². The summed E-state index contributed by atoms with van der Waals surface area (Å²) in [5.41, 5.74) is 8.72. The molecule has 3 bridgehead atoms. The summed E-state index contributed by atoms with van der Waals surface area (Å²) in [7, 11) is 1.68. The molecule has 2 heterocycles. The zero-order chi connectivity index (χ0) is 33.1. The number of benzene rings is 1. The minimum atomic E-state index is -0.545. The topological polar surface area (TPSA) is 120 Å². The number of carbonyl (C=O) groups excluding carboxylic acids is 1. The molecule has 0 aliphatic heterocycles. The quantitative estimate of drug-likeness (QED) is 0.0835. The second-order valence-electron chi connectivity index (χ2n) is 13.5.